The van der Waals surface area contributed by atoms with Gasteiger partial charge in [-0.15, -0.1) is 0 Å². The Balaban J connectivity index is 2.01. The van der Waals surface area contributed by atoms with Gasteiger partial charge in [0.15, 0.2) is 0 Å². The fourth-order valence-electron chi connectivity index (χ4n) is 3.20. The lowest BCUT2D eigenvalue weighted by Crippen LogP contribution is -2.38. The van der Waals surface area contributed by atoms with Gasteiger partial charge in [-0.3, -0.25) is 9.10 Å². The van der Waals surface area contributed by atoms with Gasteiger partial charge in [-0.25, -0.2) is 8.42 Å². The Bertz CT molecular complexity index is 1190. The van der Waals surface area contributed by atoms with Crippen molar-refractivity contribution in [3.63, 3.8) is 0 Å². The Morgan fingerprint density at radius 2 is 1.58 bits per heavy atom. The number of rotatable bonds is 7. The molecule has 3 aromatic rings. The molecule has 0 bridgehead atoms. The number of carbonyl (C=O) groups excluding carboxylic acids is 1. The molecule has 0 saturated heterocycles. The fourth-order valence-corrected chi connectivity index (χ4v) is 4.87. The number of sulfonamides is 1. The van der Waals surface area contributed by atoms with Crippen molar-refractivity contribution in [2.45, 2.75) is 25.7 Å². The Labute approximate surface area is 183 Å². The average Bonchev–Trinajstić information content (AvgIpc) is 2.75. The van der Waals surface area contributed by atoms with Gasteiger partial charge in [-0.2, -0.15) is 0 Å². The molecule has 0 saturated carbocycles. The van der Waals surface area contributed by atoms with Crippen LogP contribution in [0.1, 0.15) is 16.7 Å². The first kappa shape index (κ1) is 22.4. The summed E-state index contributed by atoms with van der Waals surface area (Å²) in [7, 11) is -2.66. The van der Waals surface area contributed by atoms with Gasteiger partial charge in [-0.05, 0) is 67.8 Å². The van der Waals surface area contributed by atoms with Crippen LogP contribution in [0, 0.1) is 20.8 Å². The summed E-state index contributed by atoms with van der Waals surface area (Å²) in [6.07, 6.45) is 0. The molecule has 31 heavy (non-hydrogen) atoms. The zero-order chi connectivity index (χ0) is 22.6. The predicted octanol–water partition coefficient (Wildman–Crippen LogP) is 4.45. The average molecular weight is 439 g/mol. The number of methoxy groups -OCH3 is 1. The molecule has 0 heterocycles. The quantitative estimate of drug-likeness (QED) is 0.591. The minimum Gasteiger partial charge on any atom is -0.495 e. The van der Waals surface area contributed by atoms with E-state index in [0.29, 0.717) is 11.4 Å². The van der Waals surface area contributed by atoms with Crippen LogP contribution in [0.25, 0.3) is 0 Å². The number of para-hydroxylation sites is 1. The summed E-state index contributed by atoms with van der Waals surface area (Å²) in [6, 6.07) is 19.2. The van der Waals surface area contributed by atoms with Gasteiger partial charge in [0.25, 0.3) is 10.0 Å². The second kappa shape index (κ2) is 9.22. The number of nitrogens with one attached hydrogen (secondary N) is 1. The van der Waals surface area contributed by atoms with Gasteiger partial charge in [0.1, 0.15) is 17.2 Å². The van der Waals surface area contributed by atoms with Crippen LogP contribution < -0.4 is 14.4 Å². The number of aryl methyl sites for hydroxylation is 3. The SMILES string of the molecule is COc1ccc(C)cc1S(=O)(=O)N(CC(=O)Nc1cc(C)ccc1C)c1ccccc1. The normalized spacial score (nSPS) is 11.1. The Morgan fingerprint density at radius 1 is 0.935 bits per heavy atom. The Kier molecular flexibility index (Phi) is 6.65. The number of carbonyl (C=O) groups is 1. The molecule has 162 valence electrons. The maximum atomic E-state index is 13.6. The number of benzene rings is 3. The molecule has 0 spiro atoms. The zero-order valence-corrected chi connectivity index (χ0v) is 18.9. The molecule has 1 amide bonds. The minimum atomic E-state index is -4.08. The van der Waals surface area contributed by atoms with Crippen LogP contribution in [-0.4, -0.2) is 28.0 Å². The fraction of sp³-hybridized carbons (Fsp3) is 0.208. The van der Waals surface area contributed by atoms with E-state index in [1.54, 1.807) is 55.5 Å². The van der Waals surface area contributed by atoms with Gasteiger partial charge in [0.2, 0.25) is 5.91 Å². The molecule has 0 aromatic heterocycles. The second-order valence-electron chi connectivity index (χ2n) is 7.37. The van der Waals surface area contributed by atoms with Crippen molar-refractivity contribution in [2.75, 3.05) is 23.3 Å². The standard InChI is InChI=1S/C24H26N2O4S/c1-17-10-12-19(3)21(14-17)25-24(27)16-26(20-8-6-5-7-9-20)31(28,29)23-15-18(2)11-13-22(23)30-4/h5-15H,16H2,1-4H3,(H,25,27). The summed E-state index contributed by atoms with van der Waals surface area (Å²) in [5, 5.41) is 2.84. The minimum absolute atomic E-state index is 0.0124. The largest absolute Gasteiger partial charge is 0.495 e. The summed E-state index contributed by atoms with van der Waals surface area (Å²) in [4.78, 5) is 12.9. The van der Waals surface area contributed by atoms with E-state index in [9.17, 15) is 13.2 Å². The molecule has 0 fully saturated rings. The van der Waals surface area contributed by atoms with E-state index in [0.717, 1.165) is 21.0 Å². The highest BCUT2D eigenvalue weighted by molar-refractivity contribution is 7.93. The molecule has 3 aromatic carbocycles. The van der Waals surface area contributed by atoms with Crippen LogP contribution in [0.15, 0.2) is 71.6 Å². The molecule has 6 nitrogen and oxygen atoms in total. The number of hydrogen-bond acceptors (Lipinski definition) is 4. The lowest BCUT2D eigenvalue weighted by Gasteiger charge is -2.25. The molecule has 3 rings (SSSR count). The molecule has 0 aliphatic heterocycles. The van der Waals surface area contributed by atoms with Gasteiger partial charge in [0, 0.05) is 5.69 Å². The number of amides is 1. The van der Waals surface area contributed by atoms with Crippen molar-refractivity contribution in [3.8, 4) is 5.75 Å². The molecular formula is C24H26N2O4S. The van der Waals surface area contributed by atoms with E-state index < -0.39 is 15.9 Å². The smallest absolute Gasteiger partial charge is 0.268 e. The molecule has 0 unspecified atom stereocenters. The highest BCUT2D eigenvalue weighted by atomic mass is 32.2. The van der Waals surface area contributed by atoms with Gasteiger partial charge in [-0.1, -0.05) is 36.4 Å². The number of hydrogen-bond donors (Lipinski definition) is 1. The van der Waals surface area contributed by atoms with E-state index in [1.807, 2.05) is 32.0 Å². The second-order valence-corrected chi connectivity index (χ2v) is 9.20. The topological polar surface area (TPSA) is 75.7 Å². The van der Waals surface area contributed by atoms with E-state index in [-0.39, 0.29) is 17.2 Å². The van der Waals surface area contributed by atoms with E-state index >= 15 is 0 Å². The Morgan fingerprint density at radius 3 is 2.26 bits per heavy atom. The van der Waals surface area contributed by atoms with Crippen molar-refractivity contribution < 1.29 is 17.9 Å². The monoisotopic (exact) mass is 438 g/mol. The van der Waals surface area contributed by atoms with Crippen LogP contribution in [-0.2, 0) is 14.8 Å². The van der Waals surface area contributed by atoms with Gasteiger partial charge >= 0.3 is 0 Å². The van der Waals surface area contributed by atoms with Crippen molar-refractivity contribution >= 4 is 27.3 Å². The highest BCUT2D eigenvalue weighted by Gasteiger charge is 2.30. The lowest BCUT2D eigenvalue weighted by atomic mass is 10.1. The van der Waals surface area contributed by atoms with E-state index in [1.165, 1.54) is 7.11 Å². The molecule has 7 heteroatoms. The van der Waals surface area contributed by atoms with E-state index in [2.05, 4.69) is 5.32 Å². The maximum absolute atomic E-state index is 13.6. The van der Waals surface area contributed by atoms with Crippen LogP contribution in [0.3, 0.4) is 0 Å². The molecule has 0 aliphatic carbocycles. The maximum Gasteiger partial charge on any atom is 0.268 e. The number of ether oxygens (including phenoxy) is 1. The predicted molar refractivity (Wildman–Crippen MR) is 123 cm³/mol. The van der Waals surface area contributed by atoms with Crippen molar-refractivity contribution in [3.05, 3.63) is 83.4 Å². The summed E-state index contributed by atoms with van der Waals surface area (Å²) in [6.45, 7) is 5.24. The summed E-state index contributed by atoms with van der Waals surface area (Å²) in [5.74, 6) is -0.214. The first-order chi connectivity index (χ1) is 14.7. The summed E-state index contributed by atoms with van der Waals surface area (Å²) < 4.78 is 33.7. The number of anilines is 2. The third-order valence-electron chi connectivity index (χ3n) is 4.89. The van der Waals surface area contributed by atoms with Crippen molar-refractivity contribution in [1.29, 1.82) is 0 Å². The Hall–Kier alpha value is -3.32. The first-order valence-electron chi connectivity index (χ1n) is 9.82. The van der Waals surface area contributed by atoms with Gasteiger partial charge < -0.3 is 10.1 Å². The molecule has 0 aliphatic rings. The summed E-state index contributed by atoms with van der Waals surface area (Å²) in [5.41, 5.74) is 3.71. The highest BCUT2D eigenvalue weighted by Crippen LogP contribution is 2.31. The molecule has 0 radical (unpaired) electrons. The van der Waals surface area contributed by atoms with Crippen LogP contribution in [0.5, 0.6) is 5.75 Å². The zero-order valence-electron chi connectivity index (χ0n) is 18.0. The molecule has 1 N–H and O–H groups in total. The van der Waals surface area contributed by atoms with Crippen LogP contribution in [0.2, 0.25) is 0 Å². The third-order valence-corrected chi connectivity index (χ3v) is 6.68. The summed E-state index contributed by atoms with van der Waals surface area (Å²) >= 11 is 0. The van der Waals surface area contributed by atoms with E-state index in [4.69, 9.17) is 4.74 Å². The van der Waals surface area contributed by atoms with Crippen LogP contribution >= 0.6 is 0 Å². The van der Waals surface area contributed by atoms with Crippen LogP contribution in [0.4, 0.5) is 11.4 Å². The van der Waals surface area contributed by atoms with Crippen molar-refractivity contribution in [1.82, 2.24) is 0 Å². The molecular weight excluding hydrogens is 412 g/mol. The van der Waals surface area contributed by atoms with Crippen molar-refractivity contribution in [2.24, 2.45) is 0 Å². The first-order valence-corrected chi connectivity index (χ1v) is 11.3. The van der Waals surface area contributed by atoms with Gasteiger partial charge in [0.05, 0.1) is 12.8 Å². The number of nitrogens with zero attached hydrogens (tertiary/aromatic N) is 1. The third kappa shape index (κ3) is 5.06. The lowest BCUT2D eigenvalue weighted by molar-refractivity contribution is -0.114. The molecule has 0 atom stereocenters.